The molecule has 0 spiro atoms. The first-order valence-electron chi connectivity index (χ1n) is 7.79. The number of likely N-dealkylation sites (tertiary alicyclic amines) is 1. The van der Waals surface area contributed by atoms with Gasteiger partial charge in [0, 0.05) is 19.0 Å². The zero-order chi connectivity index (χ0) is 16.0. The van der Waals surface area contributed by atoms with Gasteiger partial charge in [0.15, 0.2) is 11.5 Å². The van der Waals surface area contributed by atoms with E-state index in [1.165, 1.54) is 0 Å². The molecule has 5 nitrogen and oxygen atoms in total. The smallest absolute Gasteiger partial charge is 0.225 e. The topological polar surface area (TPSA) is 50.8 Å². The number of carbonyl (C=O) groups excluding carboxylic acids is 1. The van der Waals surface area contributed by atoms with Crippen molar-refractivity contribution < 1.29 is 14.3 Å². The number of nitrogens with one attached hydrogen (secondary N) is 1. The average molecular weight is 306 g/mol. The average Bonchev–Trinajstić information content (AvgIpc) is 2.56. The maximum absolute atomic E-state index is 11.9. The Bertz CT molecular complexity index is 496. The number of benzene rings is 1. The van der Waals surface area contributed by atoms with E-state index in [-0.39, 0.29) is 11.3 Å². The minimum Gasteiger partial charge on any atom is -0.493 e. The number of nitrogens with zero attached hydrogens (tertiary/aromatic N) is 1. The third-order valence-corrected chi connectivity index (χ3v) is 4.47. The largest absolute Gasteiger partial charge is 0.493 e. The minimum atomic E-state index is -0.227. The standard InChI is InChI=1S/C17H26N2O3/c1-17(16(20)18-2)8-10-19(11-9-17)12-13-22-15-7-5-4-6-14(15)21-3/h4-7H,8-13H2,1-3H3,(H,18,20). The van der Waals surface area contributed by atoms with E-state index >= 15 is 0 Å². The van der Waals surface area contributed by atoms with Gasteiger partial charge >= 0.3 is 0 Å². The molecule has 1 aliphatic rings. The number of rotatable bonds is 6. The highest BCUT2D eigenvalue weighted by atomic mass is 16.5. The van der Waals surface area contributed by atoms with Gasteiger partial charge in [-0.25, -0.2) is 0 Å². The summed E-state index contributed by atoms with van der Waals surface area (Å²) in [6.07, 6.45) is 1.78. The van der Waals surface area contributed by atoms with Crippen LogP contribution in [-0.4, -0.2) is 51.2 Å². The number of para-hydroxylation sites is 2. The highest BCUT2D eigenvalue weighted by Gasteiger charge is 2.35. The molecule has 0 atom stereocenters. The summed E-state index contributed by atoms with van der Waals surface area (Å²) in [5.74, 6) is 1.68. The van der Waals surface area contributed by atoms with Crippen LogP contribution < -0.4 is 14.8 Å². The Hall–Kier alpha value is -1.75. The molecular formula is C17H26N2O3. The van der Waals surface area contributed by atoms with Gasteiger partial charge in [0.05, 0.1) is 7.11 Å². The maximum Gasteiger partial charge on any atom is 0.225 e. The van der Waals surface area contributed by atoms with Crippen LogP contribution in [0.1, 0.15) is 19.8 Å². The van der Waals surface area contributed by atoms with E-state index in [9.17, 15) is 4.79 Å². The Balaban J connectivity index is 1.76. The highest BCUT2D eigenvalue weighted by Crippen LogP contribution is 2.31. The summed E-state index contributed by atoms with van der Waals surface area (Å²) in [4.78, 5) is 14.2. The first-order valence-corrected chi connectivity index (χ1v) is 7.79. The van der Waals surface area contributed by atoms with Gasteiger partial charge in [-0.15, -0.1) is 0 Å². The van der Waals surface area contributed by atoms with Crippen LogP contribution in [-0.2, 0) is 4.79 Å². The van der Waals surface area contributed by atoms with E-state index < -0.39 is 0 Å². The van der Waals surface area contributed by atoms with E-state index in [2.05, 4.69) is 17.1 Å². The second-order valence-corrected chi connectivity index (χ2v) is 5.98. The first-order chi connectivity index (χ1) is 10.6. The summed E-state index contributed by atoms with van der Waals surface area (Å²) < 4.78 is 11.1. The SMILES string of the molecule is CNC(=O)C1(C)CCN(CCOc2ccccc2OC)CC1. The number of methoxy groups -OCH3 is 1. The van der Waals surface area contributed by atoms with Crippen molar-refractivity contribution in [1.82, 2.24) is 10.2 Å². The molecule has 1 aromatic rings. The molecule has 0 saturated carbocycles. The molecule has 0 unspecified atom stereocenters. The van der Waals surface area contributed by atoms with Crippen LogP contribution in [0.2, 0.25) is 0 Å². The van der Waals surface area contributed by atoms with Gasteiger partial charge in [0.1, 0.15) is 6.61 Å². The molecule has 122 valence electrons. The summed E-state index contributed by atoms with van der Waals surface area (Å²) in [5.41, 5.74) is -0.227. The Kier molecular flexibility index (Phi) is 5.66. The molecule has 1 aliphatic heterocycles. The van der Waals surface area contributed by atoms with Crippen molar-refractivity contribution in [1.29, 1.82) is 0 Å². The summed E-state index contributed by atoms with van der Waals surface area (Å²) in [6.45, 7) is 5.39. The van der Waals surface area contributed by atoms with Crippen LogP contribution in [0.5, 0.6) is 11.5 Å². The number of amides is 1. The molecule has 1 aromatic carbocycles. The molecule has 22 heavy (non-hydrogen) atoms. The third kappa shape index (κ3) is 3.91. The van der Waals surface area contributed by atoms with Gasteiger partial charge in [-0.1, -0.05) is 19.1 Å². The molecular weight excluding hydrogens is 280 g/mol. The molecule has 1 heterocycles. The zero-order valence-electron chi connectivity index (χ0n) is 13.7. The zero-order valence-corrected chi connectivity index (χ0v) is 13.7. The van der Waals surface area contributed by atoms with Gasteiger partial charge in [-0.2, -0.15) is 0 Å². The molecule has 1 amide bonds. The molecule has 1 fully saturated rings. The Morgan fingerprint density at radius 2 is 1.91 bits per heavy atom. The highest BCUT2D eigenvalue weighted by molar-refractivity contribution is 5.82. The number of hydrogen-bond acceptors (Lipinski definition) is 4. The van der Waals surface area contributed by atoms with Gasteiger partial charge in [0.25, 0.3) is 0 Å². The number of hydrogen-bond donors (Lipinski definition) is 1. The van der Waals surface area contributed by atoms with Crippen LogP contribution in [0.25, 0.3) is 0 Å². The van der Waals surface area contributed by atoms with Crippen molar-refractivity contribution in [2.75, 3.05) is 40.4 Å². The fourth-order valence-electron chi connectivity index (χ4n) is 2.82. The molecule has 0 aromatic heterocycles. The summed E-state index contributed by atoms with van der Waals surface area (Å²) in [6, 6.07) is 7.67. The number of ether oxygens (including phenoxy) is 2. The van der Waals surface area contributed by atoms with Crippen molar-refractivity contribution in [2.24, 2.45) is 5.41 Å². The lowest BCUT2D eigenvalue weighted by molar-refractivity contribution is -0.132. The van der Waals surface area contributed by atoms with Crippen LogP contribution >= 0.6 is 0 Å². The fraction of sp³-hybridized carbons (Fsp3) is 0.588. The lowest BCUT2D eigenvalue weighted by Crippen LogP contribution is -2.47. The molecule has 1 N–H and O–H groups in total. The van der Waals surface area contributed by atoms with E-state index in [1.807, 2.05) is 24.3 Å². The lowest BCUT2D eigenvalue weighted by Gasteiger charge is -2.37. The Morgan fingerprint density at radius 1 is 1.27 bits per heavy atom. The van der Waals surface area contributed by atoms with E-state index in [4.69, 9.17) is 9.47 Å². The molecule has 0 radical (unpaired) electrons. The summed E-state index contributed by atoms with van der Waals surface area (Å²) >= 11 is 0. The van der Waals surface area contributed by atoms with Crippen LogP contribution in [0.4, 0.5) is 0 Å². The molecule has 5 heteroatoms. The Labute approximate surface area is 132 Å². The normalized spacial score (nSPS) is 17.8. The van der Waals surface area contributed by atoms with Crippen molar-refractivity contribution in [3.05, 3.63) is 24.3 Å². The van der Waals surface area contributed by atoms with Gasteiger partial charge < -0.3 is 14.8 Å². The molecule has 2 rings (SSSR count). The van der Waals surface area contributed by atoms with Crippen molar-refractivity contribution in [2.45, 2.75) is 19.8 Å². The summed E-state index contributed by atoms with van der Waals surface area (Å²) in [5, 5.41) is 2.77. The van der Waals surface area contributed by atoms with Crippen molar-refractivity contribution in [3.63, 3.8) is 0 Å². The predicted molar refractivity (Wildman–Crippen MR) is 86.3 cm³/mol. The predicted octanol–water partition coefficient (Wildman–Crippen LogP) is 1.92. The van der Waals surface area contributed by atoms with E-state index in [1.54, 1.807) is 14.2 Å². The minimum absolute atomic E-state index is 0.150. The molecule has 1 saturated heterocycles. The van der Waals surface area contributed by atoms with Crippen LogP contribution in [0, 0.1) is 5.41 Å². The van der Waals surface area contributed by atoms with Crippen molar-refractivity contribution >= 4 is 5.91 Å². The summed E-state index contributed by atoms with van der Waals surface area (Å²) in [7, 11) is 3.35. The van der Waals surface area contributed by atoms with Crippen molar-refractivity contribution in [3.8, 4) is 11.5 Å². The molecule has 0 bridgehead atoms. The molecule has 0 aliphatic carbocycles. The second kappa shape index (κ2) is 7.49. The monoisotopic (exact) mass is 306 g/mol. The van der Waals surface area contributed by atoms with E-state index in [0.717, 1.165) is 44.0 Å². The second-order valence-electron chi connectivity index (χ2n) is 5.98. The third-order valence-electron chi connectivity index (χ3n) is 4.47. The number of carbonyl (C=O) groups is 1. The van der Waals surface area contributed by atoms with Crippen LogP contribution in [0.15, 0.2) is 24.3 Å². The van der Waals surface area contributed by atoms with Gasteiger partial charge in [-0.3, -0.25) is 9.69 Å². The lowest BCUT2D eigenvalue weighted by atomic mass is 9.79. The fourth-order valence-corrected chi connectivity index (χ4v) is 2.82. The van der Waals surface area contributed by atoms with Gasteiger partial charge in [-0.05, 0) is 38.1 Å². The first kappa shape index (κ1) is 16.6. The van der Waals surface area contributed by atoms with Crippen LogP contribution in [0.3, 0.4) is 0 Å². The quantitative estimate of drug-likeness (QED) is 0.872. The van der Waals surface area contributed by atoms with E-state index in [0.29, 0.717) is 6.61 Å². The van der Waals surface area contributed by atoms with Gasteiger partial charge in [0.2, 0.25) is 5.91 Å². The Morgan fingerprint density at radius 3 is 2.50 bits per heavy atom. The maximum atomic E-state index is 11.9. The number of piperidine rings is 1.